The Bertz CT molecular complexity index is 840. The van der Waals surface area contributed by atoms with Gasteiger partial charge in [-0.15, -0.1) is 0 Å². The van der Waals surface area contributed by atoms with Gasteiger partial charge < -0.3 is 16.0 Å². The van der Waals surface area contributed by atoms with E-state index in [1.165, 1.54) is 76.2 Å². The van der Waals surface area contributed by atoms with E-state index in [1.54, 1.807) is 20.2 Å². The van der Waals surface area contributed by atoms with E-state index in [9.17, 15) is 0 Å². The number of aryl methyl sites for hydroxylation is 3. The Labute approximate surface area is 275 Å². The summed E-state index contributed by atoms with van der Waals surface area (Å²) in [4.78, 5) is 5.75. The minimum absolute atomic E-state index is 0.750. The maximum absolute atomic E-state index is 6.08. The van der Waals surface area contributed by atoms with Crippen molar-refractivity contribution in [2.75, 3.05) is 20.6 Å². The number of allylic oxidation sites excluding steroid dienone is 2. The van der Waals surface area contributed by atoms with Gasteiger partial charge in [0.1, 0.15) is 12.4 Å². The molecule has 0 spiro atoms. The second-order valence-electron chi connectivity index (χ2n) is 9.33. The number of nitrogens with one attached hydrogen (secondary N) is 1. The monoisotopic (exact) mass is 616 g/mol. The fraction of sp³-hybridized carbons (Fsp3) is 0.605. The van der Waals surface area contributed by atoms with Gasteiger partial charge in [-0.1, -0.05) is 123 Å². The van der Waals surface area contributed by atoms with E-state index in [2.05, 4.69) is 72.3 Å². The molecule has 2 aromatic rings. The number of rotatable bonds is 13. The molecule has 0 fully saturated rings. The van der Waals surface area contributed by atoms with Gasteiger partial charge in [0.25, 0.3) is 0 Å². The van der Waals surface area contributed by atoms with Crippen molar-refractivity contribution < 1.29 is 4.57 Å². The Hall–Kier alpha value is -2.99. The Morgan fingerprint density at radius 2 is 1.45 bits per heavy atom. The predicted molar refractivity (Wildman–Crippen MR) is 202 cm³/mol. The Kier molecular flexibility index (Phi) is 54.0. The van der Waals surface area contributed by atoms with Crippen LogP contribution in [0.5, 0.6) is 0 Å². The molecule has 6 nitrogen and oxygen atoms in total. The Balaban J connectivity index is -0.000000160. The number of nitrogens with zero attached hydrogens (tertiary/aromatic N) is 4. The molecule has 1 aromatic carbocycles. The van der Waals surface area contributed by atoms with Gasteiger partial charge in [-0.05, 0) is 65.4 Å². The van der Waals surface area contributed by atoms with Crippen molar-refractivity contribution >= 4 is 12.4 Å². The summed E-state index contributed by atoms with van der Waals surface area (Å²) >= 11 is 0. The highest BCUT2D eigenvalue weighted by Gasteiger charge is 2.02. The van der Waals surface area contributed by atoms with Crippen LogP contribution >= 0.6 is 0 Å². The fourth-order valence-corrected chi connectivity index (χ4v) is 3.24. The van der Waals surface area contributed by atoms with Crippen LogP contribution in [-0.2, 0) is 13.1 Å². The van der Waals surface area contributed by atoms with E-state index in [0.29, 0.717) is 0 Å². The van der Waals surface area contributed by atoms with Crippen molar-refractivity contribution in [3.05, 3.63) is 79.2 Å². The number of aliphatic imine (C=N–C) groups is 1. The van der Waals surface area contributed by atoms with Crippen LogP contribution in [0.15, 0.2) is 78.6 Å². The van der Waals surface area contributed by atoms with E-state index >= 15 is 0 Å². The zero-order valence-electron chi connectivity index (χ0n) is 31.3. The first-order chi connectivity index (χ1) is 21.3. The Morgan fingerprint density at radius 1 is 0.955 bits per heavy atom. The standard InChI is InChI=1S/C15H29N2.C8H14N2.C7H8.C2H7N.C2H5N.2C2H6/c1-3-5-7-8-10-12-17-14-13-16(15-17)11-9-6-4-2;1-5-6-10(4)8(2)7-9-3;1-7-5-3-2-4-6-7;2*1-2-3;2*1-2/h13-15H,3-12H2,1-2H3;5-7H,2H2,1,3-4H3;2-6H,1H3;2-3H2,1H3;2-3H,1H3;2*1-2H3/q+1;;;;;;/b;6-5-,9-7?;;;;;. The molecule has 6 heteroatoms. The molecule has 0 atom stereocenters. The van der Waals surface area contributed by atoms with Crippen molar-refractivity contribution in [1.29, 1.82) is 5.41 Å². The van der Waals surface area contributed by atoms with Crippen molar-refractivity contribution in [2.45, 2.75) is 134 Å². The van der Waals surface area contributed by atoms with Crippen LogP contribution in [0, 0.1) is 12.3 Å². The van der Waals surface area contributed by atoms with Gasteiger partial charge in [0.05, 0.1) is 18.8 Å². The highest BCUT2D eigenvalue weighted by Crippen LogP contribution is 2.04. The van der Waals surface area contributed by atoms with Crippen LogP contribution < -0.4 is 10.3 Å². The third kappa shape index (κ3) is 43.5. The second-order valence-corrected chi connectivity index (χ2v) is 9.33. The van der Waals surface area contributed by atoms with Gasteiger partial charge in [-0.2, -0.15) is 0 Å². The molecule has 0 aliphatic rings. The maximum Gasteiger partial charge on any atom is 0.243 e. The fourth-order valence-electron chi connectivity index (χ4n) is 3.24. The van der Waals surface area contributed by atoms with Crippen LogP contribution in [0.25, 0.3) is 0 Å². The number of hydrogen-bond donors (Lipinski definition) is 2. The van der Waals surface area contributed by atoms with E-state index in [0.717, 1.165) is 12.2 Å². The number of unbranched alkanes of at least 4 members (excludes halogenated alkanes) is 6. The van der Waals surface area contributed by atoms with Gasteiger partial charge in [-0.3, -0.25) is 4.99 Å². The van der Waals surface area contributed by atoms with E-state index in [-0.39, 0.29) is 0 Å². The Morgan fingerprint density at radius 3 is 1.89 bits per heavy atom. The minimum Gasteiger partial charge on any atom is -0.351 e. The maximum atomic E-state index is 6.08. The molecule has 0 saturated heterocycles. The van der Waals surface area contributed by atoms with E-state index in [4.69, 9.17) is 11.1 Å². The van der Waals surface area contributed by atoms with Crippen LogP contribution in [0.4, 0.5) is 0 Å². The highest BCUT2D eigenvalue weighted by molar-refractivity contribution is 5.76. The normalized spacial score (nSPS) is 9.11. The second kappa shape index (κ2) is 47.0. The summed E-state index contributed by atoms with van der Waals surface area (Å²) < 4.78 is 4.65. The molecule has 0 aliphatic carbocycles. The van der Waals surface area contributed by atoms with Crippen molar-refractivity contribution in [1.82, 2.24) is 9.47 Å². The van der Waals surface area contributed by atoms with Crippen LogP contribution in [0.1, 0.15) is 119 Å². The van der Waals surface area contributed by atoms with Gasteiger partial charge in [0.2, 0.25) is 6.33 Å². The quantitative estimate of drug-likeness (QED) is 0.134. The first-order valence-electron chi connectivity index (χ1n) is 17.0. The number of nitrogens with two attached hydrogens (primary N) is 1. The number of benzene rings is 1. The molecule has 0 saturated carbocycles. The smallest absolute Gasteiger partial charge is 0.243 e. The van der Waals surface area contributed by atoms with Crippen molar-refractivity contribution in [3.63, 3.8) is 0 Å². The van der Waals surface area contributed by atoms with Crippen LogP contribution in [-0.4, -0.2) is 42.5 Å². The number of aromatic nitrogens is 2. The molecule has 0 amide bonds. The molecule has 3 N–H and O–H groups in total. The lowest BCUT2D eigenvalue weighted by molar-refractivity contribution is -0.696. The zero-order valence-corrected chi connectivity index (χ0v) is 31.3. The first kappa shape index (κ1) is 50.6. The molecular formula is C38H75N6+. The average molecular weight is 616 g/mol. The summed E-state index contributed by atoms with van der Waals surface area (Å²) in [5, 5.41) is 6.08. The minimum atomic E-state index is 0.750. The number of imidazole rings is 1. The third-order valence-corrected chi connectivity index (χ3v) is 5.33. The van der Waals surface area contributed by atoms with E-state index < -0.39 is 0 Å². The van der Waals surface area contributed by atoms with Gasteiger partial charge >= 0.3 is 0 Å². The van der Waals surface area contributed by atoms with Gasteiger partial charge in [0, 0.05) is 20.3 Å². The molecule has 0 bridgehead atoms. The molecule has 256 valence electrons. The molecular weight excluding hydrogens is 540 g/mol. The molecule has 0 unspecified atom stereocenters. The average Bonchev–Trinajstić information content (AvgIpc) is 3.49. The summed E-state index contributed by atoms with van der Waals surface area (Å²) in [5.74, 6) is 0. The lowest BCUT2D eigenvalue weighted by Gasteiger charge is -2.11. The third-order valence-electron chi connectivity index (χ3n) is 5.33. The highest BCUT2D eigenvalue weighted by atomic mass is 15.1. The zero-order chi connectivity index (χ0) is 34.9. The van der Waals surface area contributed by atoms with Crippen molar-refractivity contribution in [2.24, 2.45) is 10.7 Å². The number of hydrogen-bond acceptors (Lipinski definition) is 4. The first-order valence-corrected chi connectivity index (χ1v) is 17.0. The molecule has 1 aromatic heterocycles. The topological polar surface area (TPSA) is 74.3 Å². The molecule has 0 radical (unpaired) electrons. The van der Waals surface area contributed by atoms with Crippen LogP contribution in [0.2, 0.25) is 0 Å². The van der Waals surface area contributed by atoms with Crippen molar-refractivity contribution in [3.8, 4) is 0 Å². The predicted octanol–water partition coefficient (Wildman–Crippen LogP) is 10.3. The van der Waals surface area contributed by atoms with Gasteiger partial charge in [0.15, 0.2) is 0 Å². The van der Waals surface area contributed by atoms with Gasteiger partial charge in [-0.25, -0.2) is 9.13 Å². The summed E-state index contributed by atoms with van der Waals surface area (Å²) in [7, 11) is 3.67. The molecule has 2 rings (SSSR count). The molecule has 1 heterocycles. The largest absolute Gasteiger partial charge is 0.351 e. The lowest BCUT2D eigenvalue weighted by atomic mass is 10.1. The summed E-state index contributed by atoms with van der Waals surface area (Å²) in [6, 6.07) is 10.3. The molecule has 0 aliphatic heterocycles. The van der Waals surface area contributed by atoms with Crippen LogP contribution in [0.3, 0.4) is 0 Å². The summed E-state index contributed by atoms with van der Waals surface area (Å²) in [6.07, 6.45) is 24.3. The molecule has 44 heavy (non-hydrogen) atoms. The SMILES string of the molecule is C=C(C=NC)N(C)/C=C\C.CC.CC.CC=N.CCCCCCCn1cc[n+](CCCCC)c1.CCN.Cc1ccccc1. The van der Waals surface area contributed by atoms with E-state index in [1.807, 2.05) is 84.0 Å². The lowest BCUT2D eigenvalue weighted by Crippen LogP contribution is -2.30. The summed E-state index contributed by atoms with van der Waals surface area (Å²) in [5.41, 5.74) is 7.06. The summed E-state index contributed by atoms with van der Waals surface area (Å²) in [6.45, 7) is 27.0.